The van der Waals surface area contributed by atoms with E-state index in [1.54, 1.807) is 0 Å². The van der Waals surface area contributed by atoms with Gasteiger partial charge in [-0.1, -0.05) is 35.0 Å². The first-order valence-corrected chi connectivity index (χ1v) is 8.04. The van der Waals surface area contributed by atoms with E-state index in [0.29, 0.717) is 0 Å². The van der Waals surface area contributed by atoms with E-state index in [-0.39, 0.29) is 16.5 Å². The Morgan fingerprint density at radius 2 is 2.18 bits per heavy atom. The fourth-order valence-electron chi connectivity index (χ4n) is 2.31. The smallest absolute Gasteiger partial charge is 0.0517 e. The molecule has 1 aliphatic rings. The third kappa shape index (κ3) is 2.98. The molecule has 0 spiro atoms. The maximum Gasteiger partial charge on any atom is 0.0517 e. The van der Waals surface area contributed by atoms with Crippen molar-refractivity contribution in [3.8, 4) is 0 Å². The van der Waals surface area contributed by atoms with E-state index in [2.05, 4.69) is 47.2 Å². The van der Waals surface area contributed by atoms with E-state index in [1.165, 1.54) is 5.56 Å². The summed E-state index contributed by atoms with van der Waals surface area (Å²) in [5.41, 5.74) is 1.22. The van der Waals surface area contributed by atoms with Gasteiger partial charge in [-0.25, -0.2) is 0 Å². The Morgan fingerprint density at radius 3 is 2.88 bits per heavy atom. The lowest BCUT2D eigenvalue weighted by Gasteiger charge is -2.23. The van der Waals surface area contributed by atoms with Crippen LogP contribution >= 0.6 is 15.9 Å². The monoisotopic (exact) mass is 315 g/mol. The van der Waals surface area contributed by atoms with Gasteiger partial charge in [0.15, 0.2) is 0 Å². The molecule has 4 atom stereocenters. The summed E-state index contributed by atoms with van der Waals surface area (Å²) in [4.78, 5) is 0. The molecular formula is C13H18BrNOS. The standard InChI is InChI=1S/C13H18BrNOS/c1-9-6-7-15-13(10(2)17(9)16)11-4-3-5-12(14)8-11/h3-5,8-10,13,15H,6-7H2,1-2H3. The van der Waals surface area contributed by atoms with Gasteiger partial charge in [-0.2, -0.15) is 0 Å². The second-order valence-corrected chi connectivity index (χ2v) is 7.74. The van der Waals surface area contributed by atoms with Crippen molar-refractivity contribution in [2.24, 2.45) is 0 Å². The van der Waals surface area contributed by atoms with Gasteiger partial charge in [0.1, 0.15) is 0 Å². The van der Waals surface area contributed by atoms with E-state index < -0.39 is 10.8 Å². The molecule has 1 aromatic rings. The molecule has 0 saturated carbocycles. The average molecular weight is 316 g/mol. The number of hydrogen-bond donors (Lipinski definition) is 1. The summed E-state index contributed by atoms with van der Waals surface area (Å²) < 4.78 is 13.3. The van der Waals surface area contributed by atoms with Crippen LogP contribution in [0.1, 0.15) is 31.9 Å². The van der Waals surface area contributed by atoms with Crippen LogP contribution in [0.25, 0.3) is 0 Å². The lowest BCUT2D eigenvalue weighted by atomic mass is 10.0. The first kappa shape index (κ1) is 13.2. The molecule has 1 saturated heterocycles. The summed E-state index contributed by atoms with van der Waals surface area (Å²) in [6.07, 6.45) is 0.988. The second-order valence-electron chi connectivity index (χ2n) is 4.62. The fourth-order valence-corrected chi connectivity index (χ4v) is 4.34. The predicted octanol–water partition coefficient (Wildman–Crippen LogP) is 3.01. The van der Waals surface area contributed by atoms with Gasteiger partial charge in [0.05, 0.1) is 5.25 Å². The highest BCUT2D eigenvalue weighted by Crippen LogP contribution is 2.27. The molecule has 1 aliphatic heterocycles. The third-order valence-electron chi connectivity index (χ3n) is 3.36. The highest BCUT2D eigenvalue weighted by Gasteiger charge is 2.30. The second kappa shape index (κ2) is 5.63. The lowest BCUT2D eigenvalue weighted by Crippen LogP contribution is -2.31. The van der Waals surface area contributed by atoms with Crippen molar-refractivity contribution in [2.45, 2.75) is 36.8 Å². The highest BCUT2D eigenvalue weighted by atomic mass is 79.9. The van der Waals surface area contributed by atoms with Crippen LogP contribution in [0.4, 0.5) is 0 Å². The number of benzene rings is 1. The molecule has 94 valence electrons. The van der Waals surface area contributed by atoms with Crippen molar-refractivity contribution >= 4 is 26.7 Å². The van der Waals surface area contributed by atoms with Gasteiger partial charge < -0.3 is 5.32 Å². The molecule has 0 radical (unpaired) electrons. The van der Waals surface area contributed by atoms with Crippen molar-refractivity contribution in [3.63, 3.8) is 0 Å². The number of rotatable bonds is 1. The SMILES string of the molecule is CC1CCNC(c2cccc(Br)c2)C(C)S1=O. The van der Waals surface area contributed by atoms with E-state index in [9.17, 15) is 4.21 Å². The van der Waals surface area contributed by atoms with Gasteiger partial charge in [0, 0.05) is 26.6 Å². The first-order chi connectivity index (χ1) is 8.09. The molecule has 1 fully saturated rings. The van der Waals surface area contributed by atoms with E-state index in [1.807, 2.05) is 12.1 Å². The number of halogens is 1. The maximum absolute atomic E-state index is 12.3. The molecule has 0 aliphatic carbocycles. The Hall–Kier alpha value is -0.190. The zero-order valence-electron chi connectivity index (χ0n) is 10.2. The Labute approximate surface area is 114 Å². The molecule has 4 heteroatoms. The quantitative estimate of drug-likeness (QED) is 0.863. The summed E-state index contributed by atoms with van der Waals surface area (Å²) in [5, 5.41) is 3.96. The number of hydrogen-bond acceptors (Lipinski definition) is 2. The largest absolute Gasteiger partial charge is 0.309 e. The van der Waals surface area contributed by atoms with E-state index in [4.69, 9.17) is 0 Å². The van der Waals surface area contributed by atoms with Crippen molar-refractivity contribution in [1.29, 1.82) is 0 Å². The van der Waals surface area contributed by atoms with Gasteiger partial charge in [-0.15, -0.1) is 0 Å². The summed E-state index contributed by atoms with van der Waals surface area (Å²) in [6.45, 7) is 5.10. The third-order valence-corrected chi connectivity index (χ3v) is 5.88. The maximum atomic E-state index is 12.3. The zero-order valence-corrected chi connectivity index (χ0v) is 12.6. The molecule has 4 unspecified atom stereocenters. The Balaban J connectivity index is 2.28. The molecule has 17 heavy (non-hydrogen) atoms. The normalized spacial score (nSPS) is 34.3. The molecule has 2 nitrogen and oxygen atoms in total. The van der Waals surface area contributed by atoms with Gasteiger partial charge in [-0.3, -0.25) is 4.21 Å². The Kier molecular flexibility index (Phi) is 4.39. The summed E-state index contributed by atoms with van der Waals surface area (Å²) in [7, 11) is -0.762. The lowest BCUT2D eigenvalue weighted by molar-refractivity contribution is 0.531. The summed E-state index contributed by atoms with van der Waals surface area (Å²) in [6, 6.07) is 8.46. The molecule has 2 rings (SSSR count). The molecule has 0 aromatic heterocycles. The van der Waals surface area contributed by atoms with Crippen LogP contribution in [0.5, 0.6) is 0 Å². The fraction of sp³-hybridized carbons (Fsp3) is 0.538. The zero-order chi connectivity index (χ0) is 12.4. The van der Waals surface area contributed by atoms with Gasteiger partial charge >= 0.3 is 0 Å². The molecular weight excluding hydrogens is 298 g/mol. The van der Waals surface area contributed by atoms with Crippen LogP contribution in [-0.2, 0) is 10.8 Å². The van der Waals surface area contributed by atoms with E-state index in [0.717, 1.165) is 17.4 Å². The van der Waals surface area contributed by atoms with E-state index >= 15 is 0 Å². The minimum atomic E-state index is -0.762. The van der Waals surface area contributed by atoms with Crippen molar-refractivity contribution in [3.05, 3.63) is 34.3 Å². The minimum absolute atomic E-state index is 0.154. The van der Waals surface area contributed by atoms with Crippen LogP contribution in [0.15, 0.2) is 28.7 Å². The molecule has 0 amide bonds. The molecule has 1 N–H and O–H groups in total. The summed E-state index contributed by atoms with van der Waals surface area (Å²) in [5.74, 6) is 0. The summed E-state index contributed by atoms with van der Waals surface area (Å²) >= 11 is 3.49. The van der Waals surface area contributed by atoms with Gasteiger partial charge in [-0.05, 0) is 37.6 Å². The van der Waals surface area contributed by atoms with Crippen molar-refractivity contribution in [1.82, 2.24) is 5.32 Å². The average Bonchev–Trinajstić information content (AvgIpc) is 2.43. The van der Waals surface area contributed by atoms with Crippen LogP contribution < -0.4 is 5.32 Å². The predicted molar refractivity (Wildman–Crippen MR) is 76.6 cm³/mol. The van der Waals surface area contributed by atoms with Crippen molar-refractivity contribution in [2.75, 3.05) is 6.54 Å². The van der Waals surface area contributed by atoms with Crippen molar-refractivity contribution < 1.29 is 4.21 Å². The Morgan fingerprint density at radius 1 is 1.41 bits per heavy atom. The van der Waals surface area contributed by atoms with Crippen LogP contribution in [0.3, 0.4) is 0 Å². The molecule has 0 bridgehead atoms. The Bertz CT molecular complexity index is 424. The molecule has 1 aromatic carbocycles. The topological polar surface area (TPSA) is 29.1 Å². The highest BCUT2D eigenvalue weighted by molar-refractivity contribution is 9.10. The van der Waals surface area contributed by atoms with Gasteiger partial charge in [0.2, 0.25) is 0 Å². The molecule has 1 heterocycles. The van der Waals surface area contributed by atoms with Crippen LogP contribution in [-0.4, -0.2) is 21.3 Å². The minimum Gasteiger partial charge on any atom is -0.309 e. The van der Waals surface area contributed by atoms with Gasteiger partial charge in [0.25, 0.3) is 0 Å². The van der Waals surface area contributed by atoms with Crippen LogP contribution in [0.2, 0.25) is 0 Å². The number of nitrogens with one attached hydrogen (secondary N) is 1. The van der Waals surface area contributed by atoms with Crippen LogP contribution in [0, 0.1) is 0 Å². The first-order valence-electron chi connectivity index (χ1n) is 5.98.